The molecule has 0 radical (unpaired) electrons. The summed E-state index contributed by atoms with van der Waals surface area (Å²) >= 11 is 0. The molecule has 3 unspecified atom stereocenters. The van der Waals surface area contributed by atoms with Crippen LogP contribution in [0.15, 0.2) is 36.5 Å². The molecule has 0 saturated heterocycles. The Balaban J connectivity index is 2.16. The number of aromatic nitrogens is 1. The second kappa shape index (κ2) is 4.15. The fourth-order valence-electron chi connectivity index (χ4n) is 5.46. The quantitative estimate of drug-likeness (QED) is 0.727. The van der Waals surface area contributed by atoms with Gasteiger partial charge in [0.15, 0.2) is 11.7 Å². The average Bonchev–Trinajstić information content (AvgIpc) is 3.08. The van der Waals surface area contributed by atoms with Gasteiger partial charge >= 0.3 is 0 Å². The largest absolute Gasteiger partial charge is 0.216 e. The van der Waals surface area contributed by atoms with E-state index in [1.54, 1.807) is 6.07 Å². The summed E-state index contributed by atoms with van der Waals surface area (Å²) in [4.78, 5) is 0. The topological polar surface area (TPSA) is 3.88 Å². The number of hydrogen-bond acceptors (Lipinski definition) is 0. The summed E-state index contributed by atoms with van der Waals surface area (Å²) in [5.41, 5.74) is 2.07. The van der Waals surface area contributed by atoms with E-state index in [0.717, 1.165) is 30.2 Å². The molecular formula is C19H20F2N+. The van der Waals surface area contributed by atoms with E-state index >= 15 is 0 Å². The predicted molar refractivity (Wildman–Crippen MR) is 81.4 cm³/mol. The lowest BCUT2D eigenvalue weighted by Crippen LogP contribution is -2.55. The van der Waals surface area contributed by atoms with Gasteiger partial charge < -0.3 is 0 Å². The third-order valence-corrected chi connectivity index (χ3v) is 6.32. The van der Waals surface area contributed by atoms with Crippen LogP contribution >= 0.6 is 0 Å². The first-order valence-electron chi connectivity index (χ1n) is 8.05. The SMILES string of the molecule is CCC12c3cc(F)cc(F)c3-c3cccc[n+]3C1(CC)C2C. The van der Waals surface area contributed by atoms with Crippen LogP contribution in [-0.2, 0) is 11.0 Å². The molecule has 1 aliphatic carbocycles. The maximum Gasteiger partial charge on any atom is 0.216 e. The summed E-state index contributed by atoms with van der Waals surface area (Å²) in [5.74, 6) is -0.562. The molecule has 22 heavy (non-hydrogen) atoms. The van der Waals surface area contributed by atoms with Gasteiger partial charge in [-0.15, -0.1) is 0 Å². The minimum Gasteiger partial charge on any atom is -0.207 e. The normalized spacial score (nSPS) is 31.2. The summed E-state index contributed by atoms with van der Waals surface area (Å²) < 4.78 is 30.8. The number of fused-ring (bicyclic) bond motifs is 6. The van der Waals surface area contributed by atoms with E-state index in [-0.39, 0.29) is 11.0 Å². The number of rotatable bonds is 2. The van der Waals surface area contributed by atoms with Crippen LogP contribution in [0.5, 0.6) is 0 Å². The number of benzene rings is 1. The molecule has 114 valence electrons. The maximum atomic E-state index is 14.6. The third kappa shape index (κ3) is 1.23. The molecule has 0 spiro atoms. The van der Waals surface area contributed by atoms with Gasteiger partial charge in [0.1, 0.15) is 11.6 Å². The van der Waals surface area contributed by atoms with Crippen molar-refractivity contribution in [3.63, 3.8) is 0 Å². The molecule has 0 bridgehead atoms. The van der Waals surface area contributed by atoms with E-state index in [4.69, 9.17) is 0 Å². The van der Waals surface area contributed by atoms with Gasteiger partial charge in [0.05, 0.1) is 11.0 Å². The molecule has 2 heterocycles. The Hall–Kier alpha value is -1.77. The van der Waals surface area contributed by atoms with Gasteiger partial charge in [-0.25, -0.2) is 8.78 Å². The van der Waals surface area contributed by atoms with E-state index in [2.05, 4.69) is 31.5 Å². The van der Waals surface area contributed by atoms with Crippen LogP contribution in [0.2, 0.25) is 0 Å². The zero-order valence-electron chi connectivity index (χ0n) is 13.2. The molecule has 3 heteroatoms. The molecule has 4 rings (SSSR count). The van der Waals surface area contributed by atoms with Crippen molar-refractivity contribution in [3.05, 3.63) is 53.7 Å². The van der Waals surface area contributed by atoms with Crippen molar-refractivity contribution in [2.75, 3.05) is 0 Å². The first-order chi connectivity index (χ1) is 10.5. The molecule has 1 nitrogen and oxygen atoms in total. The lowest BCUT2D eigenvalue weighted by atomic mass is 9.79. The summed E-state index contributed by atoms with van der Waals surface area (Å²) in [7, 11) is 0. The van der Waals surface area contributed by atoms with Gasteiger partial charge in [0.2, 0.25) is 5.69 Å². The van der Waals surface area contributed by atoms with E-state index in [9.17, 15) is 8.78 Å². The highest BCUT2D eigenvalue weighted by molar-refractivity contribution is 5.69. The van der Waals surface area contributed by atoms with Crippen LogP contribution in [0, 0.1) is 17.6 Å². The monoisotopic (exact) mass is 300 g/mol. The fourth-order valence-corrected chi connectivity index (χ4v) is 5.46. The summed E-state index contributed by atoms with van der Waals surface area (Å²) in [6, 6.07) is 8.44. The van der Waals surface area contributed by atoms with E-state index in [0.29, 0.717) is 11.5 Å². The standard InChI is InChI=1S/C19H20F2N/c1-4-18-12(3)19(18,5-2)22-9-7-6-8-16(22)17-14(18)10-13(20)11-15(17)21/h6-12H,4-5H2,1-3H3/q+1. The highest BCUT2D eigenvalue weighted by Crippen LogP contribution is 2.71. The van der Waals surface area contributed by atoms with Crippen molar-refractivity contribution in [1.82, 2.24) is 0 Å². The highest BCUT2D eigenvalue weighted by Gasteiger charge is 2.82. The van der Waals surface area contributed by atoms with Crippen LogP contribution in [0.25, 0.3) is 11.3 Å². The molecule has 0 amide bonds. The Labute approximate surface area is 129 Å². The first-order valence-corrected chi connectivity index (χ1v) is 8.05. The van der Waals surface area contributed by atoms with Crippen LogP contribution < -0.4 is 4.57 Å². The van der Waals surface area contributed by atoms with Gasteiger partial charge in [-0.3, -0.25) is 0 Å². The molecule has 2 aliphatic rings. The molecular weight excluding hydrogens is 280 g/mol. The van der Waals surface area contributed by atoms with Gasteiger partial charge in [0.25, 0.3) is 0 Å². The average molecular weight is 300 g/mol. The third-order valence-electron chi connectivity index (χ3n) is 6.32. The zero-order chi connectivity index (χ0) is 15.7. The zero-order valence-corrected chi connectivity index (χ0v) is 13.2. The van der Waals surface area contributed by atoms with Crippen LogP contribution in [-0.4, -0.2) is 0 Å². The Morgan fingerprint density at radius 3 is 2.59 bits per heavy atom. The minimum absolute atomic E-state index is 0.0639. The molecule has 1 aromatic carbocycles. The van der Waals surface area contributed by atoms with E-state index in [1.165, 1.54) is 0 Å². The van der Waals surface area contributed by atoms with Gasteiger partial charge in [-0.2, -0.15) is 4.57 Å². The Bertz CT molecular complexity index is 785. The van der Waals surface area contributed by atoms with Crippen LogP contribution in [0.3, 0.4) is 0 Å². The molecule has 3 atom stereocenters. The molecule has 2 aromatic rings. The van der Waals surface area contributed by atoms with Gasteiger partial charge in [-0.05, 0) is 24.1 Å². The van der Waals surface area contributed by atoms with Crippen LogP contribution in [0.4, 0.5) is 8.78 Å². The maximum absolute atomic E-state index is 14.6. The number of halogens is 2. The minimum atomic E-state index is -0.474. The van der Waals surface area contributed by atoms with Crippen molar-refractivity contribution in [2.24, 2.45) is 5.92 Å². The van der Waals surface area contributed by atoms with E-state index in [1.807, 2.05) is 18.2 Å². The van der Waals surface area contributed by atoms with Crippen molar-refractivity contribution < 1.29 is 13.3 Å². The summed E-state index contributed by atoms with van der Waals surface area (Å²) in [6.07, 6.45) is 3.90. The van der Waals surface area contributed by atoms with Crippen molar-refractivity contribution >= 4 is 0 Å². The molecule has 1 fully saturated rings. The smallest absolute Gasteiger partial charge is 0.207 e. The van der Waals surface area contributed by atoms with Gasteiger partial charge in [-0.1, -0.05) is 20.8 Å². The molecule has 1 aromatic heterocycles. The van der Waals surface area contributed by atoms with Crippen molar-refractivity contribution in [1.29, 1.82) is 0 Å². The Kier molecular flexibility index (Phi) is 2.62. The predicted octanol–water partition coefficient (Wildman–Crippen LogP) is 4.34. The Morgan fingerprint density at radius 1 is 1.14 bits per heavy atom. The highest BCUT2D eigenvalue weighted by atomic mass is 19.1. The fraction of sp³-hybridized carbons (Fsp3) is 0.421. The van der Waals surface area contributed by atoms with Crippen molar-refractivity contribution in [2.45, 2.75) is 44.6 Å². The summed E-state index contributed by atoms with van der Waals surface area (Å²) in [5, 5.41) is 0. The van der Waals surface area contributed by atoms with Crippen LogP contribution in [0.1, 0.15) is 39.2 Å². The molecule has 1 saturated carbocycles. The van der Waals surface area contributed by atoms with E-state index < -0.39 is 11.6 Å². The lowest BCUT2D eigenvalue weighted by molar-refractivity contribution is -0.738. The molecule has 0 N–H and O–H groups in total. The van der Waals surface area contributed by atoms with Gasteiger partial charge in [0, 0.05) is 30.5 Å². The second-order valence-electron chi connectivity index (χ2n) is 6.59. The number of pyridine rings is 1. The lowest BCUT2D eigenvalue weighted by Gasteiger charge is -2.28. The first kappa shape index (κ1) is 13.9. The van der Waals surface area contributed by atoms with Crippen molar-refractivity contribution in [3.8, 4) is 11.3 Å². The molecule has 1 aliphatic heterocycles. The second-order valence-corrected chi connectivity index (χ2v) is 6.59. The number of hydrogen-bond donors (Lipinski definition) is 0. The summed E-state index contributed by atoms with van der Waals surface area (Å²) in [6.45, 7) is 6.53. The number of nitrogens with zero attached hydrogens (tertiary/aromatic N) is 1. The Morgan fingerprint density at radius 2 is 1.91 bits per heavy atom.